The summed E-state index contributed by atoms with van der Waals surface area (Å²) in [6.07, 6.45) is 2.40. The Balaban J connectivity index is 2.13. The van der Waals surface area contributed by atoms with Gasteiger partial charge in [-0.1, -0.05) is 34.1 Å². The minimum atomic E-state index is -0.123. The van der Waals surface area contributed by atoms with Crippen molar-refractivity contribution in [3.05, 3.63) is 46.2 Å². The Morgan fingerprint density at radius 2 is 2.20 bits per heavy atom. The number of H-pyrrole nitrogens is 1. The SMILES string of the molecule is NC(Cc1ccccc1Br)c1cn[nH]n1. The molecule has 0 radical (unpaired) electrons. The Morgan fingerprint density at radius 3 is 2.87 bits per heavy atom. The highest BCUT2D eigenvalue weighted by Crippen LogP contribution is 2.20. The maximum atomic E-state index is 6.00. The molecule has 15 heavy (non-hydrogen) atoms. The van der Waals surface area contributed by atoms with Gasteiger partial charge >= 0.3 is 0 Å². The van der Waals surface area contributed by atoms with Crippen molar-refractivity contribution in [3.63, 3.8) is 0 Å². The van der Waals surface area contributed by atoms with Crippen LogP contribution in [0.4, 0.5) is 0 Å². The number of hydrogen-bond donors (Lipinski definition) is 2. The molecule has 1 aromatic heterocycles. The van der Waals surface area contributed by atoms with Crippen molar-refractivity contribution in [3.8, 4) is 0 Å². The Labute approximate surface area is 96.0 Å². The number of hydrogen-bond acceptors (Lipinski definition) is 3. The molecule has 0 aliphatic rings. The fourth-order valence-electron chi connectivity index (χ4n) is 1.39. The molecule has 1 unspecified atom stereocenters. The van der Waals surface area contributed by atoms with Gasteiger partial charge in [-0.05, 0) is 18.1 Å². The molecule has 2 rings (SSSR count). The molecule has 0 saturated carbocycles. The summed E-state index contributed by atoms with van der Waals surface area (Å²) >= 11 is 3.49. The molecule has 0 aliphatic heterocycles. The molecule has 0 fully saturated rings. The van der Waals surface area contributed by atoms with Gasteiger partial charge in [0.25, 0.3) is 0 Å². The van der Waals surface area contributed by atoms with Crippen LogP contribution in [0.5, 0.6) is 0 Å². The summed E-state index contributed by atoms with van der Waals surface area (Å²) < 4.78 is 1.07. The van der Waals surface area contributed by atoms with E-state index in [2.05, 4.69) is 31.3 Å². The van der Waals surface area contributed by atoms with Gasteiger partial charge in [0.1, 0.15) is 0 Å². The van der Waals surface area contributed by atoms with Gasteiger partial charge in [-0.3, -0.25) is 0 Å². The third-order valence-electron chi connectivity index (χ3n) is 2.21. The van der Waals surface area contributed by atoms with Crippen LogP contribution in [-0.2, 0) is 6.42 Å². The quantitative estimate of drug-likeness (QED) is 0.891. The second-order valence-corrected chi connectivity index (χ2v) is 4.15. The second-order valence-electron chi connectivity index (χ2n) is 3.30. The number of aromatic nitrogens is 3. The highest BCUT2D eigenvalue weighted by Gasteiger charge is 2.11. The molecule has 78 valence electrons. The number of rotatable bonds is 3. The normalized spacial score (nSPS) is 12.7. The fraction of sp³-hybridized carbons (Fsp3) is 0.200. The van der Waals surface area contributed by atoms with Crippen molar-refractivity contribution in [1.82, 2.24) is 15.4 Å². The minimum Gasteiger partial charge on any atom is -0.322 e. The molecule has 1 heterocycles. The number of nitrogens with zero attached hydrogens (tertiary/aromatic N) is 2. The summed E-state index contributed by atoms with van der Waals surface area (Å²) in [4.78, 5) is 0. The van der Waals surface area contributed by atoms with Crippen molar-refractivity contribution >= 4 is 15.9 Å². The first-order valence-corrected chi connectivity index (χ1v) is 5.41. The third kappa shape index (κ3) is 2.43. The van der Waals surface area contributed by atoms with Gasteiger partial charge in [0.05, 0.1) is 17.9 Å². The Kier molecular flexibility index (Phi) is 3.13. The van der Waals surface area contributed by atoms with E-state index in [4.69, 9.17) is 5.73 Å². The number of benzene rings is 1. The summed E-state index contributed by atoms with van der Waals surface area (Å²) in [5.74, 6) is 0. The van der Waals surface area contributed by atoms with E-state index in [1.165, 1.54) is 5.56 Å². The van der Waals surface area contributed by atoms with Crippen LogP contribution in [0, 0.1) is 0 Å². The van der Waals surface area contributed by atoms with Crippen LogP contribution in [0.25, 0.3) is 0 Å². The van der Waals surface area contributed by atoms with Crippen LogP contribution in [-0.4, -0.2) is 15.4 Å². The van der Waals surface area contributed by atoms with Crippen LogP contribution >= 0.6 is 15.9 Å². The van der Waals surface area contributed by atoms with E-state index in [-0.39, 0.29) is 6.04 Å². The first kappa shape index (κ1) is 10.3. The highest BCUT2D eigenvalue weighted by molar-refractivity contribution is 9.10. The van der Waals surface area contributed by atoms with Crippen LogP contribution in [0.2, 0.25) is 0 Å². The third-order valence-corrected chi connectivity index (χ3v) is 2.98. The number of nitrogens with one attached hydrogen (secondary N) is 1. The first-order chi connectivity index (χ1) is 7.27. The molecule has 0 saturated heterocycles. The largest absolute Gasteiger partial charge is 0.322 e. The lowest BCUT2D eigenvalue weighted by Crippen LogP contribution is -2.14. The molecule has 5 heteroatoms. The molecule has 4 nitrogen and oxygen atoms in total. The highest BCUT2D eigenvalue weighted by atomic mass is 79.9. The first-order valence-electron chi connectivity index (χ1n) is 4.62. The Bertz CT molecular complexity index is 427. The van der Waals surface area contributed by atoms with Gasteiger partial charge in [0.15, 0.2) is 0 Å². The van der Waals surface area contributed by atoms with Gasteiger partial charge < -0.3 is 5.73 Å². The maximum Gasteiger partial charge on any atom is 0.0995 e. The molecule has 1 aromatic carbocycles. The fourth-order valence-corrected chi connectivity index (χ4v) is 1.84. The molecule has 0 amide bonds. The van der Waals surface area contributed by atoms with Crippen molar-refractivity contribution < 1.29 is 0 Å². The Hall–Kier alpha value is -1.20. The monoisotopic (exact) mass is 266 g/mol. The lowest BCUT2D eigenvalue weighted by atomic mass is 10.0. The van der Waals surface area contributed by atoms with Crippen LogP contribution < -0.4 is 5.73 Å². The summed E-state index contributed by atoms with van der Waals surface area (Å²) in [5.41, 5.74) is 7.95. The number of halogens is 1. The van der Waals surface area contributed by atoms with Gasteiger partial charge in [-0.25, -0.2) is 0 Å². The van der Waals surface area contributed by atoms with Gasteiger partial charge in [0, 0.05) is 4.47 Å². The summed E-state index contributed by atoms with van der Waals surface area (Å²) in [6, 6.07) is 7.90. The van der Waals surface area contributed by atoms with E-state index in [0.29, 0.717) is 0 Å². The smallest absolute Gasteiger partial charge is 0.0995 e. The molecule has 2 aromatic rings. The van der Waals surface area contributed by atoms with Gasteiger partial charge in [-0.15, -0.1) is 0 Å². The van der Waals surface area contributed by atoms with Gasteiger partial charge in [-0.2, -0.15) is 15.4 Å². The maximum absolute atomic E-state index is 6.00. The molecule has 0 bridgehead atoms. The number of aromatic amines is 1. The second kappa shape index (κ2) is 4.55. The predicted octanol–water partition coefficient (Wildman–Crippen LogP) is 1.81. The average molecular weight is 267 g/mol. The van der Waals surface area contributed by atoms with Crippen LogP contribution in [0.1, 0.15) is 17.3 Å². The van der Waals surface area contributed by atoms with E-state index < -0.39 is 0 Å². The molecular formula is C10H11BrN4. The number of nitrogens with two attached hydrogens (primary N) is 1. The molecule has 1 atom stereocenters. The van der Waals surface area contributed by atoms with E-state index in [9.17, 15) is 0 Å². The standard InChI is InChI=1S/C10H11BrN4/c11-8-4-2-1-3-7(8)5-9(12)10-6-13-15-14-10/h1-4,6,9H,5,12H2,(H,13,14,15). The van der Waals surface area contributed by atoms with Gasteiger partial charge in [0.2, 0.25) is 0 Å². The zero-order chi connectivity index (χ0) is 10.7. The van der Waals surface area contributed by atoms with E-state index >= 15 is 0 Å². The molecule has 0 aliphatic carbocycles. The van der Waals surface area contributed by atoms with Crippen molar-refractivity contribution in [2.75, 3.05) is 0 Å². The Morgan fingerprint density at radius 1 is 1.40 bits per heavy atom. The van der Waals surface area contributed by atoms with E-state index in [1.54, 1.807) is 6.20 Å². The van der Waals surface area contributed by atoms with Crippen molar-refractivity contribution in [2.45, 2.75) is 12.5 Å². The minimum absolute atomic E-state index is 0.123. The zero-order valence-electron chi connectivity index (χ0n) is 8.02. The zero-order valence-corrected chi connectivity index (χ0v) is 9.61. The molecule has 3 N–H and O–H groups in total. The van der Waals surface area contributed by atoms with Crippen LogP contribution in [0.15, 0.2) is 34.9 Å². The van der Waals surface area contributed by atoms with Crippen molar-refractivity contribution in [2.24, 2.45) is 5.73 Å². The van der Waals surface area contributed by atoms with Crippen LogP contribution in [0.3, 0.4) is 0 Å². The lowest BCUT2D eigenvalue weighted by molar-refractivity contribution is 0.690. The summed E-state index contributed by atoms with van der Waals surface area (Å²) in [5, 5.41) is 10.3. The van der Waals surface area contributed by atoms with Crippen molar-refractivity contribution in [1.29, 1.82) is 0 Å². The summed E-state index contributed by atoms with van der Waals surface area (Å²) in [7, 11) is 0. The lowest BCUT2D eigenvalue weighted by Gasteiger charge is -2.09. The van der Waals surface area contributed by atoms with E-state index in [1.807, 2.05) is 24.3 Å². The average Bonchev–Trinajstić information content (AvgIpc) is 2.74. The topological polar surface area (TPSA) is 67.6 Å². The molecular weight excluding hydrogens is 256 g/mol. The predicted molar refractivity (Wildman–Crippen MR) is 61.2 cm³/mol. The molecule has 0 spiro atoms. The van der Waals surface area contributed by atoms with E-state index in [0.717, 1.165) is 16.6 Å². The summed E-state index contributed by atoms with van der Waals surface area (Å²) in [6.45, 7) is 0.